The number of ether oxygens (including phenoxy) is 2. The average Bonchev–Trinajstić information content (AvgIpc) is 3.33. The van der Waals surface area contributed by atoms with E-state index in [1.54, 1.807) is 0 Å². The van der Waals surface area contributed by atoms with Crippen LogP contribution in [0.4, 0.5) is 14.6 Å². The first-order valence-corrected chi connectivity index (χ1v) is 12.3. The summed E-state index contributed by atoms with van der Waals surface area (Å²) in [5, 5.41) is 11.9. The van der Waals surface area contributed by atoms with Gasteiger partial charge < -0.3 is 19.7 Å². The molecule has 0 amide bonds. The second-order valence-corrected chi connectivity index (χ2v) is 10.3. The summed E-state index contributed by atoms with van der Waals surface area (Å²) >= 11 is 0. The van der Waals surface area contributed by atoms with Crippen LogP contribution in [0.2, 0.25) is 0 Å². The minimum Gasteiger partial charge on any atom is -0.376 e. The van der Waals surface area contributed by atoms with Gasteiger partial charge in [0.2, 0.25) is 0 Å². The first kappa shape index (κ1) is 23.6. The Morgan fingerprint density at radius 3 is 2.53 bits per heavy atom. The molecule has 1 aromatic carbocycles. The number of anilines is 1. The van der Waals surface area contributed by atoms with E-state index in [-0.39, 0.29) is 23.5 Å². The number of aryl methyl sites for hydroxylation is 2. The number of halogens is 2. The molecule has 2 saturated heterocycles. The largest absolute Gasteiger partial charge is 0.376 e. The van der Waals surface area contributed by atoms with Crippen LogP contribution in [0.1, 0.15) is 36.5 Å². The van der Waals surface area contributed by atoms with Gasteiger partial charge in [-0.3, -0.25) is 0 Å². The summed E-state index contributed by atoms with van der Waals surface area (Å²) in [5.41, 5.74) is 3.28. The number of hydrogen-bond acceptors (Lipinski definition) is 6. The molecule has 3 aliphatic rings. The van der Waals surface area contributed by atoms with Gasteiger partial charge in [-0.2, -0.15) is 0 Å². The van der Waals surface area contributed by atoms with Crippen molar-refractivity contribution in [3.8, 4) is 11.3 Å². The summed E-state index contributed by atoms with van der Waals surface area (Å²) in [6.45, 7) is 9.85. The third kappa shape index (κ3) is 5.09. The smallest absolute Gasteiger partial charge is 0.274 e. The van der Waals surface area contributed by atoms with E-state index in [2.05, 4.69) is 20.4 Å². The summed E-state index contributed by atoms with van der Waals surface area (Å²) in [6, 6.07) is 7.59. The van der Waals surface area contributed by atoms with Crippen LogP contribution in [0, 0.1) is 25.7 Å². The van der Waals surface area contributed by atoms with Gasteiger partial charge in [-0.25, -0.2) is 8.78 Å². The summed E-state index contributed by atoms with van der Waals surface area (Å²) in [7, 11) is 0. The molecule has 8 heteroatoms. The third-order valence-electron chi connectivity index (χ3n) is 7.45. The Kier molecular flexibility index (Phi) is 6.57. The lowest BCUT2D eigenvalue weighted by molar-refractivity contribution is -0.0964. The monoisotopic (exact) mass is 472 g/mol. The fraction of sp³-hybridized carbons (Fsp3) is 0.615. The SMILES string of the molecule is Cc1ccc(C)c(-c2cc(C(C)(F)F)c(N[C@H]3C[C@@H]4CN(C[C@@H]5COCCO5)C[C@@H]4C3)nn2)c1. The highest BCUT2D eigenvalue weighted by Crippen LogP contribution is 2.41. The van der Waals surface area contributed by atoms with Crippen LogP contribution in [-0.4, -0.2) is 66.7 Å². The molecule has 0 spiro atoms. The molecule has 4 atom stereocenters. The van der Waals surface area contributed by atoms with E-state index < -0.39 is 5.92 Å². The van der Waals surface area contributed by atoms with Gasteiger partial charge in [-0.15, -0.1) is 10.2 Å². The number of nitrogens with zero attached hydrogens (tertiary/aromatic N) is 3. The van der Waals surface area contributed by atoms with Crippen molar-refractivity contribution in [2.75, 3.05) is 44.8 Å². The van der Waals surface area contributed by atoms with E-state index in [1.165, 1.54) is 6.07 Å². The Balaban J connectivity index is 1.26. The summed E-state index contributed by atoms with van der Waals surface area (Å²) in [5.74, 6) is -1.68. The van der Waals surface area contributed by atoms with Gasteiger partial charge in [-0.05, 0) is 56.2 Å². The van der Waals surface area contributed by atoms with Gasteiger partial charge in [0.1, 0.15) is 0 Å². The maximum atomic E-state index is 14.6. The molecule has 3 heterocycles. The Bertz CT molecular complexity index is 1010. The van der Waals surface area contributed by atoms with Crippen molar-refractivity contribution in [3.05, 3.63) is 41.0 Å². The van der Waals surface area contributed by atoms with Crippen molar-refractivity contribution >= 4 is 5.82 Å². The predicted octanol–water partition coefficient (Wildman–Crippen LogP) is 4.41. The molecule has 0 unspecified atom stereocenters. The standard InChI is InChI=1S/C26H34F2N4O2/c1-16-4-5-17(2)22(8-16)24-11-23(26(3,27)28)25(31-30-24)29-20-9-18-12-32(13-19(18)10-20)14-21-15-33-6-7-34-21/h4-5,8,11,18-21H,6-7,9-10,12-15H2,1-3H3,(H,29,31)/t18-,19+,20+,21-/m1/s1. The lowest BCUT2D eigenvalue weighted by Gasteiger charge is -2.28. The van der Waals surface area contributed by atoms with Crippen LogP contribution in [-0.2, 0) is 15.4 Å². The van der Waals surface area contributed by atoms with Crippen molar-refractivity contribution in [3.63, 3.8) is 0 Å². The summed E-state index contributed by atoms with van der Waals surface area (Å²) in [6.07, 6.45) is 2.07. The highest BCUT2D eigenvalue weighted by Gasteiger charge is 2.42. The van der Waals surface area contributed by atoms with Crippen molar-refractivity contribution in [1.82, 2.24) is 15.1 Å². The Hall–Kier alpha value is -2.16. The zero-order valence-electron chi connectivity index (χ0n) is 20.2. The lowest BCUT2D eigenvalue weighted by Crippen LogP contribution is -2.39. The molecule has 0 radical (unpaired) electrons. The van der Waals surface area contributed by atoms with E-state index >= 15 is 0 Å². The molecule has 34 heavy (non-hydrogen) atoms. The Morgan fingerprint density at radius 2 is 1.85 bits per heavy atom. The van der Waals surface area contributed by atoms with E-state index in [0.29, 0.717) is 37.4 Å². The fourth-order valence-electron chi connectivity index (χ4n) is 5.76. The molecule has 1 N–H and O–H groups in total. The second kappa shape index (κ2) is 9.47. The first-order chi connectivity index (χ1) is 16.3. The van der Waals surface area contributed by atoms with Crippen molar-refractivity contribution < 1.29 is 18.3 Å². The second-order valence-electron chi connectivity index (χ2n) is 10.3. The number of nitrogens with one attached hydrogen (secondary N) is 1. The Labute approximate surface area is 200 Å². The van der Waals surface area contributed by atoms with Gasteiger partial charge in [0.15, 0.2) is 5.82 Å². The molecular weight excluding hydrogens is 438 g/mol. The number of rotatable bonds is 6. The Morgan fingerprint density at radius 1 is 1.09 bits per heavy atom. The summed E-state index contributed by atoms with van der Waals surface area (Å²) < 4.78 is 40.6. The van der Waals surface area contributed by atoms with Crippen LogP contribution in [0.5, 0.6) is 0 Å². The van der Waals surface area contributed by atoms with Gasteiger partial charge in [0, 0.05) is 38.2 Å². The van der Waals surface area contributed by atoms with Crippen molar-refractivity contribution in [2.24, 2.45) is 11.8 Å². The van der Waals surface area contributed by atoms with Crippen LogP contribution in [0.15, 0.2) is 24.3 Å². The van der Waals surface area contributed by atoms with Crippen LogP contribution in [0.3, 0.4) is 0 Å². The van der Waals surface area contributed by atoms with Gasteiger partial charge in [-0.1, -0.05) is 17.7 Å². The number of aromatic nitrogens is 2. The molecular formula is C26H34F2N4O2. The van der Waals surface area contributed by atoms with E-state index in [1.807, 2.05) is 32.0 Å². The molecule has 1 aromatic heterocycles. The van der Waals surface area contributed by atoms with Crippen LogP contribution in [0.25, 0.3) is 11.3 Å². The summed E-state index contributed by atoms with van der Waals surface area (Å²) in [4.78, 5) is 2.47. The number of hydrogen-bond donors (Lipinski definition) is 1. The maximum Gasteiger partial charge on any atom is 0.274 e. The number of benzene rings is 1. The third-order valence-corrected chi connectivity index (χ3v) is 7.45. The highest BCUT2D eigenvalue weighted by molar-refractivity contribution is 5.66. The fourth-order valence-corrected chi connectivity index (χ4v) is 5.76. The zero-order chi connectivity index (χ0) is 23.9. The zero-order valence-corrected chi connectivity index (χ0v) is 20.2. The quantitative estimate of drug-likeness (QED) is 0.672. The topological polar surface area (TPSA) is 59.5 Å². The van der Waals surface area contributed by atoms with Gasteiger partial charge in [0.25, 0.3) is 5.92 Å². The highest BCUT2D eigenvalue weighted by atomic mass is 19.3. The minimum absolute atomic E-state index is 0.0912. The average molecular weight is 473 g/mol. The number of fused-ring (bicyclic) bond motifs is 1. The molecule has 6 nitrogen and oxygen atoms in total. The molecule has 1 saturated carbocycles. The maximum absolute atomic E-state index is 14.6. The molecule has 3 fully saturated rings. The molecule has 1 aliphatic carbocycles. The normalized spacial score (nSPS) is 27.7. The van der Waals surface area contributed by atoms with E-state index in [4.69, 9.17) is 9.47 Å². The van der Waals surface area contributed by atoms with Crippen molar-refractivity contribution in [2.45, 2.75) is 51.7 Å². The predicted molar refractivity (Wildman–Crippen MR) is 127 cm³/mol. The first-order valence-electron chi connectivity index (χ1n) is 12.3. The molecule has 2 aromatic rings. The lowest BCUT2D eigenvalue weighted by atomic mass is 10.0. The van der Waals surface area contributed by atoms with E-state index in [0.717, 1.165) is 56.1 Å². The van der Waals surface area contributed by atoms with Crippen LogP contribution < -0.4 is 5.32 Å². The van der Waals surface area contributed by atoms with Gasteiger partial charge in [0.05, 0.1) is 37.2 Å². The number of alkyl halides is 2. The molecule has 2 aliphatic heterocycles. The van der Waals surface area contributed by atoms with E-state index in [9.17, 15) is 8.78 Å². The molecule has 5 rings (SSSR count). The minimum atomic E-state index is -3.02. The van der Waals surface area contributed by atoms with Gasteiger partial charge >= 0.3 is 0 Å². The van der Waals surface area contributed by atoms with Crippen molar-refractivity contribution in [1.29, 1.82) is 0 Å². The number of likely N-dealkylation sites (tertiary alicyclic amines) is 1. The molecule has 0 bridgehead atoms. The molecule has 184 valence electrons. The van der Waals surface area contributed by atoms with Crippen LogP contribution >= 0.6 is 0 Å².